The van der Waals surface area contributed by atoms with Crippen LogP contribution in [0.15, 0.2) is 16.8 Å². The van der Waals surface area contributed by atoms with E-state index in [2.05, 4.69) is 5.32 Å². The minimum atomic E-state index is -4.33. The highest BCUT2D eigenvalue weighted by Gasteiger charge is 2.27. The molecule has 0 saturated carbocycles. The number of hydrogen-bond donors (Lipinski definition) is 2. The fraction of sp³-hybridized carbons (Fsp3) is 0.500. The zero-order valence-corrected chi connectivity index (χ0v) is 9.64. The summed E-state index contributed by atoms with van der Waals surface area (Å²) < 4.78 is 35.4. The lowest BCUT2D eigenvalue weighted by atomic mass is 10.2. The van der Waals surface area contributed by atoms with Crippen LogP contribution in [0.2, 0.25) is 0 Å². The third-order valence-corrected chi connectivity index (χ3v) is 2.76. The van der Waals surface area contributed by atoms with E-state index >= 15 is 0 Å². The molecule has 0 radical (unpaired) electrons. The summed E-state index contributed by atoms with van der Waals surface area (Å²) in [6, 6.07) is 1.69. The van der Waals surface area contributed by atoms with Crippen molar-refractivity contribution in [1.29, 1.82) is 0 Å². The number of aliphatic hydroxyl groups is 1. The molecular weight excluding hydrogens is 255 g/mol. The Kier molecular flexibility index (Phi) is 4.95. The molecule has 0 aliphatic heterocycles. The van der Waals surface area contributed by atoms with Crippen LogP contribution < -0.4 is 5.32 Å². The molecule has 17 heavy (non-hydrogen) atoms. The first-order chi connectivity index (χ1) is 7.88. The summed E-state index contributed by atoms with van der Waals surface area (Å²) in [6.45, 7) is -0.0760. The summed E-state index contributed by atoms with van der Waals surface area (Å²) >= 11 is 1.39. The summed E-state index contributed by atoms with van der Waals surface area (Å²) in [4.78, 5) is 11.0. The predicted octanol–water partition coefficient (Wildman–Crippen LogP) is 2.24. The van der Waals surface area contributed by atoms with Crippen molar-refractivity contribution in [2.45, 2.75) is 25.1 Å². The minimum absolute atomic E-state index is 0.0760. The zero-order chi connectivity index (χ0) is 12.9. The lowest BCUT2D eigenvalue weighted by Gasteiger charge is -2.11. The van der Waals surface area contributed by atoms with Gasteiger partial charge in [-0.25, -0.2) is 0 Å². The van der Waals surface area contributed by atoms with Gasteiger partial charge in [-0.05, 0) is 22.4 Å². The zero-order valence-electron chi connectivity index (χ0n) is 8.83. The molecule has 0 fully saturated rings. The number of thiophene rings is 1. The van der Waals surface area contributed by atoms with E-state index in [4.69, 9.17) is 0 Å². The van der Waals surface area contributed by atoms with Crippen molar-refractivity contribution < 1.29 is 23.1 Å². The van der Waals surface area contributed by atoms with Crippen molar-refractivity contribution in [1.82, 2.24) is 5.32 Å². The maximum Gasteiger partial charge on any atom is 0.389 e. The van der Waals surface area contributed by atoms with Gasteiger partial charge in [-0.15, -0.1) is 0 Å². The predicted molar refractivity (Wildman–Crippen MR) is 57.6 cm³/mol. The number of alkyl halides is 3. The van der Waals surface area contributed by atoms with Gasteiger partial charge < -0.3 is 10.4 Å². The van der Waals surface area contributed by atoms with Crippen LogP contribution in [0.1, 0.15) is 24.5 Å². The minimum Gasteiger partial charge on any atom is -0.387 e. The standard InChI is InChI=1S/C10H12F3NO2S/c11-10(12,13)3-1-9(16)14-5-8(15)7-2-4-17-6-7/h2,4,6,8,15H,1,3,5H2,(H,14,16). The monoisotopic (exact) mass is 267 g/mol. The molecule has 0 saturated heterocycles. The molecule has 1 rings (SSSR count). The van der Waals surface area contributed by atoms with Gasteiger partial charge in [-0.1, -0.05) is 0 Å². The Labute approximate surface area is 100 Å². The normalized spacial score (nSPS) is 13.4. The molecule has 1 unspecified atom stereocenters. The Morgan fingerprint density at radius 1 is 1.53 bits per heavy atom. The molecule has 1 heterocycles. The topological polar surface area (TPSA) is 49.3 Å². The second-order valence-electron chi connectivity index (χ2n) is 3.49. The number of hydrogen-bond acceptors (Lipinski definition) is 3. The number of nitrogens with one attached hydrogen (secondary N) is 1. The molecule has 1 aromatic heterocycles. The molecule has 96 valence electrons. The maximum atomic E-state index is 11.8. The number of rotatable bonds is 5. The molecule has 0 aliphatic rings. The van der Waals surface area contributed by atoms with E-state index < -0.39 is 31.0 Å². The lowest BCUT2D eigenvalue weighted by molar-refractivity contribution is -0.144. The molecule has 1 amide bonds. The molecular formula is C10H12F3NO2S. The van der Waals surface area contributed by atoms with Gasteiger partial charge >= 0.3 is 6.18 Å². The van der Waals surface area contributed by atoms with Crippen LogP contribution in [0, 0.1) is 0 Å². The fourth-order valence-electron chi connectivity index (χ4n) is 1.14. The summed E-state index contributed by atoms with van der Waals surface area (Å²) in [6.07, 6.45) is -6.97. The summed E-state index contributed by atoms with van der Waals surface area (Å²) in [5.41, 5.74) is 0.645. The van der Waals surface area contributed by atoms with Gasteiger partial charge in [0.1, 0.15) is 0 Å². The van der Waals surface area contributed by atoms with Crippen LogP contribution in [-0.4, -0.2) is 23.7 Å². The number of halogens is 3. The van der Waals surface area contributed by atoms with Gasteiger partial charge in [0.05, 0.1) is 12.5 Å². The summed E-state index contributed by atoms with van der Waals surface area (Å²) in [5, 5.41) is 15.3. The molecule has 2 N–H and O–H groups in total. The Morgan fingerprint density at radius 3 is 2.76 bits per heavy atom. The number of aliphatic hydroxyl groups excluding tert-OH is 1. The van der Waals surface area contributed by atoms with E-state index in [-0.39, 0.29) is 6.54 Å². The van der Waals surface area contributed by atoms with Gasteiger partial charge in [0.25, 0.3) is 0 Å². The first kappa shape index (κ1) is 14.0. The van der Waals surface area contributed by atoms with Gasteiger partial charge in [0.15, 0.2) is 0 Å². The van der Waals surface area contributed by atoms with Crippen molar-refractivity contribution in [3.05, 3.63) is 22.4 Å². The van der Waals surface area contributed by atoms with Crippen LogP contribution in [-0.2, 0) is 4.79 Å². The van der Waals surface area contributed by atoms with Crippen LogP contribution in [0.25, 0.3) is 0 Å². The Bertz CT molecular complexity index is 351. The van der Waals surface area contributed by atoms with E-state index in [0.29, 0.717) is 5.56 Å². The molecule has 1 aromatic rings. The Morgan fingerprint density at radius 2 is 2.24 bits per heavy atom. The van der Waals surface area contributed by atoms with E-state index in [1.54, 1.807) is 16.8 Å². The number of carbonyl (C=O) groups is 1. The largest absolute Gasteiger partial charge is 0.389 e. The Balaban J connectivity index is 2.24. The average Bonchev–Trinajstić information content (AvgIpc) is 2.75. The van der Waals surface area contributed by atoms with Crippen molar-refractivity contribution in [2.24, 2.45) is 0 Å². The first-order valence-electron chi connectivity index (χ1n) is 4.92. The second-order valence-corrected chi connectivity index (χ2v) is 4.27. The van der Waals surface area contributed by atoms with E-state index in [0.717, 1.165) is 0 Å². The molecule has 1 atom stereocenters. The van der Waals surface area contributed by atoms with E-state index in [1.807, 2.05) is 0 Å². The van der Waals surface area contributed by atoms with Crippen LogP contribution >= 0.6 is 11.3 Å². The van der Waals surface area contributed by atoms with E-state index in [9.17, 15) is 23.1 Å². The molecule has 0 spiro atoms. The van der Waals surface area contributed by atoms with Gasteiger partial charge in [0.2, 0.25) is 5.91 Å². The quantitative estimate of drug-likeness (QED) is 0.859. The second kappa shape index (κ2) is 6.02. The molecule has 0 aromatic carbocycles. The van der Waals surface area contributed by atoms with Crippen LogP contribution in [0.4, 0.5) is 13.2 Å². The Hall–Kier alpha value is -1.08. The van der Waals surface area contributed by atoms with Gasteiger partial charge in [-0.2, -0.15) is 24.5 Å². The first-order valence-corrected chi connectivity index (χ1v) is 5.86. The molecule has 7 heteroatoms. The molecule has 3 nitrogen and oxygen atoms in total. The van der Waals surface area contributed by atoms with Crippen LogP contribution in [0.5, 0.6) is 0 Å². The number of amides is 1. The SMILES string of the molecule is O=C(CCC(F)(F)F)NCC(O)c1ccsc1. The van der Waals surface area contributed by atoms with Crippen molar-refractivity contribution in [2.75, 3.05) is 6.54 Å². The highest BCUT2D eigenvalue weighted by atomic mass is 32.1. The van der Waals surface area contributed by atoms with Crippen LogP contribution in [0.3, 0.4) is 0 Å². The maximum absolute atomic E-state index is 11.8. The third-order valence-electron chi connectivity index (χ3n) is 2.06. The van der Waals surface area contributed by atoms with E-state index in [1.165, 1.54) is 11.3 Å². The lowest BCUT2D eigenvalue weighted by Crippen LogP contribution is -2.29. The van der Waals surface area contributed by atoms with Crippen molar-refractivity contribution >= 4 is 17.2 Å². The van der Waals surface area contributed by atoms with Crippen molar-refractivity contribution in [3.8, 4) is 0 Å². The van der Waals surface area contributed by atoms with Gasteiger partial charge in [0, 0.05) is 13.0 Å². The highest BCUT2D eigenvalue weighted by Crippen LogP contribution is 2.21. The third kappa shape index (κ3) is 5.69. The summed E-state index contributed by atoms with van der Waals surface area (Å²) in [5.74, 6) is -0.711. The molecule has 0 aliphatic carbocycles. The number of carbonyl (C=O) groups excluding carboxylic acids is 1. The fourth-order valence-corrected chi connectivity index (χ4v) is 1.84. The smallest absolute Gasteiger partial charge is 0.387 e. The van der Waals surface area contributed by atoms with Crippen molar-refractivity contribution in [3.63, 3.8) is 0 Å². The average molecular weight is 267 g/mol. The summed E-state index contributed by atoms with van der Waals surface area (Å²) in [7, 11) is 0. The van der Waals surface area contributed by atoms with Gasteiger partial charge in [-0.3, -0.25) is 4.79 Å². The molecule has 0 bridgehead atoms. The highest BCUT2D eigenvalue weighted by molar-refractivity contribution is 7.07.